The van der Waals surface area contributed by atoms with Crippen LogP contribution >= 0.6 is 11.6 Å². The van der Waals surface area contributed by atoms with Crippen LogP contribution in [0.1, 0.15) is 25.0 Å². The molecule has 8 heteroatoms. The summed E-state index contributed by atoms with van der Waals surface area (Å²) in [6, 6.07) is 0.194. The molecule has 7 nitrogen and oxygen atoms in total. The van der Waals surface area contributed by atoms with E-state index in [1.165, 1.54) is 4.68 Å². The second-order valence-corrected chi connectivity index (χ2v) is 3.99. The number of nitrogens with zero attached hydrogens (tertiary/aromatic N) is 6. The summed E-state index contributed by atoms with van der Waals surface area (Å²) in [6.45, 7) is 6.12. The van der Waals surface area contributed by atoms with Crippen LogP contribution in [0.15, 0.2) is 0 Å². The highest BCUT2D eigenvalue weighted by molar-refractivity contribution is 6.28. The number of hydrogen-bond donors (Lipinski definition) is 0. The fraction of sp³-hybridized carbons (Fsp3) is 0.500. The summed E-state index contributed by atoms with van der Waals surface area (Å²) >= 11 is 5.83. The average Bonchev–Trinajstić information content (AvgIpc) is 2.65. The third-order valence-corrected chi connectivity index (χ3v) is 2.24. The van der Waals surface area contributed by atoms with Gasteiger partial charge in [0.15, 0.2) is 0 Å². The van der Waals surface area contributed by atoms with Crippen LogP contribution in [0.3, 0.4) is 0 Å². The summed E-state index contributed by atoms with van der Waals surface area (Å²) in [4.78, 5) is 16.2. The fourth-order valence-electron chi connectivity index (χ4n) is 1.39. The lowest BCUT2D eigenvalue weighted by molar-refractivity contribution is 0.290. The van der Waals surface area contributed by atoms with Gasteiger partial charge in [-0.2, -0.15) is 19.6 Å². The van der Waals surface area contributed by atoms with Gasteiger partial charge in [-0.3, -0.25) is 0 Å². The molecule has 2 aromatic heterocycles. The minimum absolute atomic E-state index is 0.0682. The maximum Gasteiger partial charge on any atom is 0.322 e. The molecule has 0 saturated heterocycles. The number of aromatic nitrogens is 6. The predicted octanol–water partition coefficient (Wildman–Crippen LogP) is 1.51. The molecule has 0 unspecified atom stereocenters. The second-order valence-electron chi connectivity index (χ2n) is 3.65. The molecular formula is C10H13ClN6O. The summed E-state index contributed by atoms with van der Waals surface area (Å²) in [7, 11) is 0. The summed E-state index contributed by atoms with van der Waals surface area (Å²) in [5.74, 6) is 1.62. The number of rotatable bonds is 4. The summed E-state index contributed by atoms with van der Waals surface area (Å²) < 4.78 is 6.84. The smallest absolute Gasteiger partial charge is 0.322 e. The normalized spacial score (nSPS) is 10.7. The molecule has 18 heavy (non-hydrogen) atoms. The molecule has 0 amide bonds. The maximum absolute atomic E-state index is 5.83. The first-order valence-electron chi connectivity index (χ1n) is 5.55. The minimum Gasteiger partial charge on any atom is -0.463 e. The molecule has 0 radical (unpaired) electrons. The van der Waals surface area contributed by atoms with E-state index < -0.39 is 0 Å². The molecule has 0 aliphatic heterocycles. The zero-order valence-electron chi connectivity index (χ0n) is 10.4. The van der Waals surface area contributed by atoms with Crippen molar-refractivity contribution >= 4 is 11.6 Å². The van der Waals surface area contributed by atoms with Crippen molar-refractivity contribution < 1.29 is 4.74 Å². The van der Waals surface area contributed by atoms with Gasteiger partial charge < -0.3 is 4.74 Å². The Balaban J connectivity index is 2.38. The van der Waals surface area contributed by atoms with Gasteiger partial charge in [-0.05, 0) is 31.9 Å². The Morgan fingerprint density at radius 2 is 1.94 bits per heavy atom. The third-order valence-electron chi connectivity index (χ3n) is 2.08. The van der Waals surface area contributed by atoms with E-state index in [1.54, 1.807) is 6.92 Å². The van der Waals surface area contributed by atoms with Gasteiger partial charge >= 0.3 is 6.01 Å². The summed E-state index contributed by atoms with van der Waals surface area (Å²) in [6.07, 6.45) is 0.861. The van der Waals surface area contributed by atoms with Crippen molar-refractivity contribution in [1.29, 1.82) is 0 Å². The fourth-order valence-corrected chi connectivity index (χ4v) is 1.53. The maximum atomic E-state index is 5.83. The zero-order chi connectivity index (χ0) is 13.1. The van der Waals surface area contributed by atoms with Gasteiger partial charge in [0, 0.05) is 0 Å². The van der Waals surface area contributed by atoms with Crippen LogP contribution in [-0.4, -0.2) is 36.3 Å². The lowest BCUT2D eigenvalue weighted by Crippen LogP contribution is -2.09. The van der Waals surface area contributed by atoms with E-state index in [9.17, 15) is 0 Å². The molecule has 0 bridgehead atoms. The van der Waals surface area contributed by atoms with E-state index in [1.807, 2.05) is 13.8 Å². The Hall–Kier alpha value is -1.76. The average molecular weight is 269 g/mol. The molecule has 0 aliphatic rings. The molecule has 96 valence electrons. The van der Waals surface area contributed by atoms with Crippen molar-refractivity contribution in [3.63, 3.8) is 0 Å². The van der Waals surface area contributed by atoms with Gasteiger partial charge in [0.05, 0.1) is 6.61 Å². The van der Waals surface area contributed by atoms with Gasteiger partial charge in [-0.1, -0.05) is 6.92 Å². The molecule has 0 aromatic carbocycles. The zero-order valence-corrected chi connectivity index (χ0v) is 11.1. The molecule has 0 spiro atoms. The monoisotopic (exact) mass is 268 g/mol. The highest BCUT2D eigenvalue weighted by Crippen LogP contribution is 2.12. The van der Waals surface area contributed by atoms with E-state index in [0.29, 0.717) is 24.2 Å². The Morgan fingerprint density at radius 3 is 2.56 bits per heavy atom. The molecule has 0 N–H and O–H groups in total. The number of ether oxygens (including phenoxy) is 1. The number of hydrogen-bond acceptors (Lipinski definition) is 6. The van der Waals surface area contributed by atoms with Crippen molar-refractivity contribution in [1.82, 2.24) is 29.7 Å². The van der Waals surface area contributed by atoms with Gasteiger partial charge in [-0.15, -0.1) is 5.10 Å². The van der Waals surface area contributed by atoms with Crippen LogP contribution in [-0.2, 0) is 0 Å². The Kier molecular flexibility index (Phi) is 3.71. The van der Waals surface area contributed by atoms with Crippen LogP contribution < -0.4 is 4.74 Å². The standard InChI is InChI=1S/C10H13ClN6O/c1-4-5-18-10-14-8(11)13-9(15-10)17-7(3)12-6(2)16-17/h4-5H2,1-3H3. The highest BCUT2D eigenvalue weighted by atomic mass is 35.5. The van der Waals surface area contributed by atoms with Gasteiger partial charge in [0.2, 0.25) is 5.28 Å². The van der Waals surface area contributed by atoms with Crippen LogP contribution in [0.2, 0.25) is 5.28 Å². The Labute approximate surface area is 109 Å². The SMILES string of the molecule is CCCOc1nc(Cl)nc(-n2nc(C)nc2C)n1. The van der Waals surface area contributed by atoms with Crippen molar-refractivity contribution in [2.24, 2.45) is 0 Å². The van der Waals surface area contributed by atoms with Gasteiger partial charge in [-0.25, -0.2) is 4.98 Å². The summed E-state index contributed by atoms with van der Waals surface area (Å²) in [5.41, 5.74) is 0. The number of aryl methyl sites for hydroxylation is 2. The first kappa shape index (κ1) is 12.7. The molecule has 0 aliphatic carbocycles. The van der Waals surface area contributed by atoms with Gasteiger partial charge in [0.25, 0.3) is 5.95 Å². The van der Waals surface area contributed by atoms with E-state index >= 15 is 0 Å². The second kappa shape index (κ2) is 5.26. The predicted molar refractivity (Wildman–Crippen MR) is 65.0 cm³/mol. The topological polar surface area (TPSA) is 78.6 Å². The molecule has 0 atom stereocenters. The largest absolute Gasteiger partial charge is 0.463 e. The van der Waals surface area contributed by atoms with Crippen LogP contribution in [0, 0.1) is 13.8 Å². The first-order valence-corrected chi connectivity index (χ1v) is 5.93. The van der Waals surface area contributed by atoms with Crippen molar-refractivity contribution in [3.05, 3.63) is 16.9 Å². The lowest BCUT2D eigenvalue weighted by Gasteiger charge is -2.05. The van der Waals surface area contributed by atoms with E-state index in [2.05, 4.69) is 25.0 Å². The number of halogens is 1. The van der Waals surface area contributed by atoms with E-state index in [0.717, 1.165) is 6.42 Å². The quantitative estimate of drug-likeness (QED) is 0.836. The van der Waals surface area contributed by atoms with Crippen LogP contribution in [0.4, 0.5) is 0 Å². The van der Waals surface area contributed by atoms with E-state index in [4.69, 9.17) is 16.3 Å². The van der Waals surface area contributed by atoms with Crippen LogP contribution in [0.5, 0.6) is 6.01 Å². The van der Waals surface area contributed by atoms with Gasteiger partial charge in [0.1, 0.15) is 11.6 Å². The van der Waals surface area contributed by atoms with E-state index in [-0.39, 0.29) is 11.3 Å². The molecule has 2 aromatic rings. The Morgan fingerprint density at radius 1 is 1.17 bits per heavy atom. The van der Waals surface area contributed by atoms with Crippen molar-refractivity contribution in [2.45, 2.75) is 27.2 Å². The Bertz CT molecular complexity index is 555. The molecule has 0 fully saturated rings. The summed E-state index contributed by atoms with van der Waals surface area (Å²) in [5, 5.41) is 4.25. The van der Waals surface area contributed by atoms with Crippen molar-refractivity contribution in [3.8, 4) is 12.0 Å². The first-order chi connectivity index (χ1) is 8.60. The lowest BCUT2D eigenvalue weighted by atomic mass is 10.5. The van der Waals surface area contributed by atoms with Crippen LogP contribution in [0.25, 0.3) is 5.95 Å². The molecule has 2 rings (SSSR count). The molecular weight excluding hydrogens is 256 g/mol. The highest BCUT2D eigenvalue weighted by Gasteiger charge is 2.12. The minimum atomic E-state index is 0.0682. The molecule has 2 heterocycles. The third kappa shape index (κ3) is 2.73. The molecule has 0 saturated carbocycles. The van der Waals surface area contributed by atoms with Crippen molar-refractivity contribution in [2.75, 3.05) is 6.61 Å².